The van der Waals surface area contributed by atoms with E-state index in [9.17, 15) is 0 Å². The van der Waals surface area contributed by atoms with Crippen LogP contribution in [-0.2, 0) is 11.3 Å². The highest BCUT2D eigenvalue weighted by Gasteiger charge is 2.32. The molecule has 3 heterocycles. The molecule has 2 atom stereocenters. The number of tetrazole rings is 1. The molecule has 0 spiro atoms. The van der Waals surface area contributed by atoms with Gasteiger partial charge in [-0.25, -0.2) is 4.68 Å². The molecule has 0 saturated carbocycles. The molecule has 8 heteroatoms. The van der Waals surface area contributed by atoms with E-state index in [4.69, 9.17) is 9.47 Å². The van der Waals surface area contributed by atoms with Gasteiger partial charge in [0.25, 0.3) is 0 Å². The monoisotopic (exact) mass is 387 g/mol. The number of benzene rings is 1. The van der Waals surface area contributed by atoms with Crippen molar-refractivity contribution in [3.63, 3.8) is 0 Å². The fourth-order valence-corrected chi connectivity index (χ4v) is 4.42. The lowest BCUT2D eigenvalue weighted by Crippen LogP contribution is -3.15. The van der Waals surface area contributed by atoms with Crippen molar-refractivity contribution < 1.29 is 14.4 Å². The zero-order valence-corrected chi connectivity index (χ0v) is 16.9. The molecule has 2 fully saturated rings. The maximum absolute atomic E-state index is 5.78. The maximum atomic E-state index is 5.78. The number of aromatic nitrogens is 4. The smallest absolute Gasteiger partial charge is 0.209 e. The van der Waals surface area contributed by atoms with Gasteiger partial charge in [-0.3, -0.25) is 0 Å². The van der Waals surface area contributed by atoms with E-state index in [2.05, 4.69) is 39.5 Å². The van der Waals surface area contributed by atoms with Gasteiger partial charge in [0.05, 0.1) is 45.9 Å². The van der Waals surface area contributed by atoms with Crippen molar-refractivity contribution in [1.82, 2.24) is 20.2 Å². The van der Waals surface area contributed by atoms with E-state index in [1.54, 1.807) is 12.0 Å². The van der Waals surface area contributed by atoms with Gasteiger partial charge < -0.3 is 19.3 Å². The van der Waals surface area contributed by atoms with Crippen LogP contribution in [0.1, 0.15) is 38.1 Å². The second-order valence-corrected chi connectivity index (χ2v) is 7.66. The molecule has 0 aliphatic carbocycles. The van der Waals surface area contributed by atoms with E-state index in [0.717, 1.165) is 70.2 Å². The van der Waals surface area contributed by atoms with Gasteiger partial charge in [0.2, 0.25) is 5.82 Å². The third-order valence-electron chi connectivity index (χ3n) is 6.02. The normalized spacial score (nSPS) is 21.8. The molecule has 8 nitrogen and oxygen atoms in total. The predicted molar refractivity (Wildman–Crippen MR) is 106 cm³/mol. The average molecular weight is 388 g/mol. The van der Waals surface area contributed by atoms with Crippen LogP contribution in [0.25, 0.3) is 0 Å². The number of piperazine rings is 1. The first-order valence-electron chi connectivity index (χ1n) is 10.4. The highest BCUT2D eigenvalue weighted by atomic mass is 16.5. The van der Waals surface area contributed by atoms with Crippen LogP contribution in [0.15, 0.2) is 24.3 Å². The minimum absolute atomic E-state index is 0.252. The van der Waals surface area contributed by atoms with Gasteiger partial charge >= 0.3 is 0 Å². The fraction of sp³-hybridized carbons (Fsp3) is 0.650. The quantitative estimate of drug-likeness (QED) is 0.755. The minimum Gasteiger partial charge on any atom is -0.497 e. The third-order valence-corrected chi connectivity index (χ3v) is 6.02. The molecule has 28 heavy (non-hydrogen) atoms. The Morgan fingerprint density at radius 1 is 1.25 bits per heavy atom. The standard InChI is InChI=1S/C20H30N6O2/c1-3-19(20-21-22-23-26(20)15-18-5-4-14-28-18)25-12-10-24(11-13-25)16-6-8-17(27-2)9-7-16/h6-9,18-19H,3-5,10-15H2,1-2H3/p+1/t18-,19-/m1/s1. The van der Waals surface area contributed by atoms with Crippen LogP contribution < -0.4 is 14.5 Å². The lowest BCUT2D eigenvalue weighted by molar-refractivity contribution is -0.933. The largest absolute Gasteiger partial charge is 0.497 e. The molecule has 1 aromatic heterocycles. The SMILES string of the molecule is CC[C@H](c1nnnn1C[C@H]1CCCO1)[NH+]1CCN(c2ccc(OC)cc2)CC1. The summed E-state index contributed by atoms with van der Waals surface area (Å²) in [5.74, 6) is 1.91. The Kier molecular flexibility index (Phi) is 6.07. The Morgan fingerprint density at radius 2 is 2.04 bits per heavy atom. The van der Waals surface area contributed by atoms with Crippen LogP contribution in [0.5, 0.6) is 5.75 Å². The van der Waals surface area contributed by atoms with Crippen LogP contribution in [0.4, 0.5) is 5.69 Å². The first-order valence-corrected chi connectivity index (χ1v) is 10.4. The van der Waals surface area contributed by atoms with Crippen LogP contribution in [-0.4, -0.2) is 66.2 Å². The van der Waals surface area contributed by atoms with Gasteiger partial charge in [-0.05, 0) is 47.5 Å². The Morgan fingerprint density at radius 3 is 2.68 bits per heavy atom. The first kappa shape index (κ1) is 19.1. The second kappa shape index (κ2) is 8.87. The van der Waals surface area contributed by atoms with E-state index < -0.39 is 0 Å². The number of methoxy groups -OCH3 is 1. The zero-order valence-electron chi connectivity index (χ0n) is 16.9. The molecule has 2 saturated heterocycles. The summed E-state index contributed by atoms with van der Waals surface area (Å²) in [6.45, 7) is 8.09. The van der Waals surface area contributed by atoms with Crippen LogP contribution in [0.3, 0.4) is 0 Å². The summed E-state index contributed by atoms with van der Waals surface area (Å²) in [5, 5.41) is 12.6. The van der Waals surface area contributed by atoms with E-state index in [-0.39, 0.29) is 6.10 Å². The van der Waals surface area contributed by atoms with Gasteiger partial charge in [-0.15, -0.1) is 5.10 Å². The molecule has 1 aromatic carbocycles. The van der Waals surface area contributed by atoms with Crippen LogP contribution >= 0.6 is 0 Å². The van der Waals surface area contributed by atoms with Gasteiger partial charge in [0, 0.05) is 18.7 Å². The van der Waals surface area contributed by atoms with Crippen molar-refractivity contribution in [1.29, 1.82) is 0 Å². The molecule has 2 aliphatic rings. The highest BCUT2D eigenvalue weighted by molar-refractivity contribution is 5.49. The summed E-state index contributed by atoms with van der Waals surface area (Å²) in [6, 6.07) is 8.67. The van der Waals surface area contributed by atoms with E-state index >= 15 is 0 Å². The topological polar surface area (TPSA) is 69.7 Å². The van der Waals surface area contributed by atoms with Gasteiger partial charge in [0.15, 0.2) is 0 Å². The molecule has 1 N–H and O–H groups in total. The van der Waals surface area contributed by atoms with Crippen molar-refractivity contribution in [3.8, 4) is 5.75 Å². The molecule has 2 aromatic rings. The zero-order chi connectivity index (χ0) is 19.3. The fourth-order valence-electron chi connectivity index (χ4n) is 4.42. The van der Waals surface area contributed by atoms with Crippen molar-refractivity contribution >= 4 is 5.69 Å². The number of rotatable bonds is 7. The molecule has 0 radical (unpaired) electrons. The van der Waals surface area contributed by atoms with Gasteiger partial charge in [0.1, 0.15) is 11.8 Å². The molecular weight excluding hydrogens is 356 g/mol. The Labute approximate surface area is 166 Å². The lowest BCUT2D eigenvalue weighted by atomic mass is 10.1. The molecule has 2 aliphatic heterocycles. The highest BCUT2D eigenvalue weighted by Crippen LogP contribution is 2.20. The number of anilines is 1. The summed E-state index contributed by atoms with van der Waals surface area (Å²) < 4.78 is 13.0. The molecule has 0 bridgehead atoms. The summed E-state index contributed by atoms with van der Waals surface area (Å²) >= 11 is 0. The number of quaternary nitrogens is 1. The summed E-state index contributed by atoms with van der Waals surface area (Å²) in [6.07, 6.45) is 3.52. The van der Waals surface area contributed by atoms with E-state index in [1.807, 2.05) is 16.8 Å². The Hall–Kier alpha value is -2.19. The number of ether oxygens (including phenoxy) is 2. The van der Waals surface area contributed by atoms with Crippen molar-refractivity contribution in [3.05, 3.63) is 30.1 Å². The molecule has 0 unspecified atom stereocenters. The molecular formula is C20H31N6O2+. The van der Waals surface area contributed by atoms with Crippen LogP contribution in [0.2, 0.25) is 0 Å². The first-order chi connectivity index (χ1) is 13.8. The predicted octanol–water partition coefficient (Wildman–Crippen LogP) is 0.717. The van der Waals surface area contributed by atoms with Crippen molar-refractivity contribution in [2.24, 2.45) is 0 Å². The number of nitrogens with one attached hydrogen (secondary N) is 1. The Balaban J connectivity index is 1.39. The Bertz CT molecular complexity index is 735. The minimum atomic E-state index is 0.252. The van der Waals surface area contributed by atoms with Crippen LogP contribution in [0, 0.1) is 0 Å². The van der Waals surface area contributed by atoms with E-state index in [0.29, 0.717) is 6.04 Å². The van der Waals surface area contributed by atoms with Gasteiger partial charge in [-0.2, -0.15) is 0 Å². The van der Waals surface area contributed by atoms with Crippen molar-refractivity contribution in [2.75, 3.05) is 44.8 Å². The van der Waals surface area contributed by atoms with Crippen molar-refractivity contribution in [2.45, 2.75) is 44.9 Å². The third kappa shape index (κ3) is 4.12. The number of nitrogens with zero attached hydrogens (tertiary/aromatic N) is 5. The number of hydrogen-bond acceptors (Lipinski definition) is 6. The summed E-state index contributed by atoms with van der Waals surface area (Å²) in [4.78, 5) is 4.01. The van der Waals surface area contributed by atoms with E-state index in [1.165, 1.54) is 5.69 Å². The molecule has 152 valence electrons. The average Bonchev–Trinajstić information content (AvgIpc) is 3.42. The second-order valence-electron chi connectivity index (χ2n) is 7.66. The van der Waals surface area contributed by atoms with Gasteiger partial charge in [-0.1, -0.05) is 6.92 Å². The molecule has 4 rings (SSSR count). The number of hydrogen-bond donors (Lipinski definition) is 1. The maximum Gasteiger partial charge on any atom is 0.209 e. The lowest BCUT2D eigenvalue weighted by Gasteiger charge is -2.37. The summed E-state index contributed by atoms with van der Waals surface area (Å²) in [5.41, 5.74) is 1.26. The summed E-state index contributed by atoms with van der Waals surface area (Å²) in [7, 11) is 1.70. The molecule has 0 amide bonds.